The van der Waals surface area contributed by atoms with Crippen LogP contribution in [0.2, 0.25) is 0 Å². The standard InChI is InChI=1S/C10H16O2S2/c1-14-9(13)11-6-8-5-10(12-7-8)3-2-4-10/h8H,2-7H2,1H3. The minimum atomic E-state index is 0.245. The number of rotatable bonds is 2. The van der Waals surface area contributed by atoms with Crippen LogP contribution >= 0.6 is 24.0 Å². The Balaban J connectivity index is 1.71. The third-order valence-corrected chi connectivity index (χ3v) is 4.22. The first-order chi connectivity index (χ1) is 6.74. The molecule has 1 atom stereocenters. The molecule has 4 heteroatoms. The van der Waals surface area contributed by atoms with Crippen molar-refractivity contribution in [3.63, 3.8) is 0 Å². The van der Waals surface area contributed by atoms with Crippen LogP contribution in [0.15, 0.2) is 0 Å². The van der Waals surface area contributed by atoms with Crippen molar-refractivity contribution in [1.29, 1.82) is 0 Å². The summed E-state index contributed by atoms with van der Waals surface area (Å²) in [4.78, 5) is 0. The molecule has 0 amide bonds. The minimum absolute atomic E-state index is 0.245. The predicted molar refractivity (Wildman–Crippen MR) is 62.7 cm³/mol. The van der Waals surface area contributed by atoms with Crippen molar-refractivity contribution in [3.05, 3.63) is 0 Å². The van der Waals surface area contributed by atoms with E-state index in [9.17, 15) is 0 Å². The number of thioether (sulfide) groups is 1. The zero-order chi connectivity index (χ0) is 10.0. The lowest BCUT2D eigenvalue weighted by molar-refractivity contribution is -0.0565. The molecule has 0 N–H and O–H groups in total. The van der Waals surface area contributed by atoms with Crippen molar-refractivity contribution >= 4 is 28.4 Å². The van der Waals surface area contributed by atoms with E-state index >= 15 is 0 Å². The van der Waals surface area contributed by atoms with Gasteiger partial charge < -0.3 is 9.47 Å². The molecule has 0 aromatic heterocycles. The molecule has 0 aromatic rings. The topological polar surface area (TPSA) is 18.5 Å². The molecule has 0 aromatic carbocycles. The summed E-state index contributed by atoms with van der Waals surface area (Å²) in [6.45, 7) is 1.60. The van der Waals surface area contributed by atoms with Gasteiger partial charge in [-0.1, -0.05) is 11.8 Å². The number of thiocarbonyl (C=S) groups is 1. The fourth-order valence-corrected chi connectivity index (χ4v) is 2.46. The van der Waals surface area contributed by atoms with Crippen LogP contribution in [0, 0.1) is 5.92 Å². The van der Waals surface area contributed by atoms with Crippen molar-refractivity contribution in [2.24, 2.45) is 5.92 Å². The van der Waals surface area contributed by atoms with E-state index in [-0.39, 0.29) is 5.60 Å². The second-order valence-corrected chi connectivity index (χ2v) is 5.59. The van der Waals surface area contributed by atoms with Gasteiger partial charge in [-0.05, 0) is 44.2 Å². The lowest BCUT2D eigenvalue weighted by Gasteiger charge is -2.37. The van der Waals surface area contributed by atoms with E-state index < -0.39 is 0 Å². The van der Waals surface area contributed by atoms with Crippen molar-refractivity contribution in [2.45, 2.75) is 31.3 Å². The van der Waals surface area contributed by atoms with Gasteiger partial charge in [-0.25, -0.2) is 0 Å². The summed E-state index contributed by atoms with van der Waals surface area (Å²) >= 11 is 6.49. The summed E-state index contributed by atoms with van der Waals surface area (Å²) in [5.74, 6) is 0.556. The Morgan fingerprint density at radius 2 is 2.43 bits per heavy atom. The molecule has 1 aliphatic heterocycles. The normalized spacial score (nSPS) is 28.8. The monoisotopic (exact) mass is 232 g/mol. The zero-order valence-corrected chi connectivity index (χ0v) is 10.1. The van der Waals surface area contributed by atoms with Gasteiger partial charge in [0.15, 0.2) is 0 Å². The van der Waals surface area contributed by atoms with Gasteiger partial charge in [0.25, 0.3) is 0 Å². The maximum absolute atomic E-state index is 5.82. The lowest BCUT2D eigenvalue weighted by atomic mass is 9.76. The van der Waals surface area contributed by atoms with Crippen LogP contribution in [0.3, 0.4) is 0 Å². The van der Waals surface area contributed by atoms with Crippen molar-refractivity contribution in [1.82, 2.24) is 0 Å². The summed E-state index contributed by atoms with van der Waals surface area (Å²) in [5, 5.41) is 0. The molecule has 2 rings (SSSR count). The summed E-state index contributed by atoms with van der Waals surface area (Å²) in [6.07, 6.45) is 6.94. The lowest BCUT2D eigenvalue weighted by Crippen LogP contribution is -2.36. The molecule has 1 saturated heterocycles. The van der Waals surface area contributed by atoms with Crippen molar-refractivity contribution < 1.29 is 9.47 Å². The highest BCUT2D eigenvalue weighted by atomic mass is 32.2. The molecule has 1 aliphatic carbocycles. The van der Waals surface area contributed by atoms with Crippen LogP contribution in [0.4, 0.5) is 0 Å². The molecule has 2 aliphatic rings. The molecular formula is C10H16O2S2. The van der Waals surface area contributed by atoms with Crippen LogP contribution in [0.25, 0.3) is 0 Å². The first-order valence-electron chi connectivity index (χ1n) is 5.09. The summed E-state index contributed by atoms with van der Waals surface area (Å²) in [6, 6.07) is 0. The van der Waals surface area contributed by atoms with Gasteiger partial charge >= 0.3 is 0 Å². The highest BCUT2D eigenvalue weighted by Gasteiger charge is 2.45. The molecule has 1 unspecified atom stereocenters. The first-order valence-corrected chi connectivity index (χ1v) is 6.72. The Morgan fingerprint density at radius 1 is 1.64 bits per heavy atom. The van der Waals surface area contributed by atoms with Gasteiger partial charge in [0, 0.05) is 5.92 Å². The quantitative estimate of drug-likeness (QED) is 0.681. The van der Waals surface area contributed by atoms with E-state index in [1.165, 1.54) is 37.4 Å². The Morgan fingerprint density at radius 3 is 2.93 bits per heavy atom. The van der Waals surface area contributed by atoms with E-state index in [4.69, 9.17) is 21.7 Å². The fourth-order valence-electron chi connectivity index (χ4n) is 2.21. The second-order valence-electron chi connectivity index (χ2n) is 4.18. The average Bonchev–Trinajstić information content (AvgIpc) is 2.58. The van der Waals surface area contributed by atoms with Gasteiger partial charge in [0.1, 0.15) is 0 Å². The maximum Gasteiger partial charge on any atom is 0.219 e. The second kappa shape index (κ2) is 4.37. The minimum Gasteiger partial charge on any atom is -0.478 e. The molecule has 80 valence electrons. The number of hydrogen-bond donors (Lipinski definition) is 0. The van der Waals surface area contributed by atoms with Gasteiger partial charge in [-0.2, -0.15) is 0 Å². The van der Waals surface area contributed by atoms with Crippen molar-refractivity contribution in [3.8, 4) is 0 Å². The van der Waals surface area contributed by atoms with E-state index in [1.807, 2.05) is 6.26 Å². The summed E-state index contributed by atoms with van der Waals surface area (Å²) in [7, 11) is 0. The fraction of sp³-hybridized carbons (Fsp3) is 0.900. The molecular weight excluding hydrogens is 216 g/mol. The van der Waals surface area contributed by atoms with Crippen LogP contribution in [0.1, 0.15) is 25.7 Å². The zero-order valence-electron chi connectivity index (χ0n) is 8.45. The van der Waals surface area contributed by atoms with E-state index in [1.54, 1.807) is 0 Å². The van der Waals surface area contributed by atoms with Gasteiger partial charge in [0.2, 0.25) is 4.38 Å². The predicted octanol–water partition coefficient (Wildman–Crippen LogP) is 2.61. The SMILES string of the molecule is CSC(=S)OCC1COC2(CCC2)C1. The van der Waals surface area contributed by atoms with Gasteiger partial charge in [-0.3, -0.25) is 0 Å². The molecule has 0 bridgehead atoms. The number of ether oxygens (including phenoxy) is 2. The first kappa shape index (κ1) is 10.7. The van der Waals surface area contributed by atoms with Crippen LogP contribution in [-0.4, -0.2) is 29.5 Å². The smallest absolute Gasteiger partial charge is 0.219 e. The summed E-state index contributed by atoms with van der Waals surface area (Å²) < 4.78 is 11.9. The van der Waals surface area contributed by atoms with Gasteiger partial charge in [0.05, 0.1) is 18.8 Å². The van der Waals surface area contributed by atoms with Crippen LogP contribution in [0.5, 0.6) is 0 Å². The molecule has 1 spiro atoms. The molecule has 14 heavy (non-hydrogen) atoms. The molecule has 0 radical (unpaired) electrons. The number of hydrogen-bond acceptors (Lipinski definition) is 4. The third kappa shape index (κ3) is 2.23. The highest BCUT2D eigenvalue weighted by molar-refractivity contribution is 8.22. The Bertz CT molecular complexity index is 226. The Hall–Kier alpha value is 0.200. The highest BCUT2D eigenvalue weighted by Crippen LogP contribution is 2.45. The Kier molecular flexibility index (Phi) is 3.34. The summed E-state index contributed by atoms with van der Waals surface area (Å²) in [5.41, 5.74) is 0.245. The van der Waals surface area contributed by atoms with E-state index in [2.05, 4.69) is 0 Å². The van der Waals surface area contributed by atoms with E-state index in [0.717, 1.165) is 13.2 Å². The molecule has 2 nitrogen and oxygen atoms in total. The maximum atomic E-state index is 5.82. The van der Waals surface area contributed by atoms with Crippen LogP contribution in [-0.2, 0) is 9.47 Å². The molecule has 1 heterocycles. The Labute approximate surface area is 94.7 Å². The third-order valence-electron chi connectivity index (χ3n) is 3.15. The average molecular weight is 232 g/mol. The van der Waals surface area contributed by atoms with Gasteiger partial charge in [-0.15, -0.1) is 0 Å². The molecule has 1 saturated carbocycles. The largest absolute Gasteiger partial charge is 0.478 e. The van der Waals surface area contributed by atoms with Crippen molar-refractivity contribution in [2.75, 3.05) is 19.5 Å². The van der Waals surface area contributed by atoms with E-state index in [0.29, 0.717) is 10.3 Å². The molecule has 2 fully saturated rings. The van der Waals surface area contributed by atoms with Crippen LogP contribution < -0.4 is 0 Å².